The van der Waals surface area contributed by atoms with Gasteiger partial charge in [0, 0.05) is 5.69 Å². The van der Waals surface area contributed by atoms with Gasteiger partial charge in [-0.3, -0.25) is 9.10 Å². The summed E-state index contributed by atoms with van der Waals surface area (Å²) in [4.78, 5) is 12.7. The van der Waals surface area contributed by atoms with Crippen molar-refractivity contribution in [3.05, 3.63) is 59.2 Å². The fourth-order valence-corrected chi connectivity index (χ4v) is 4.24. The summed E-state index contributed by atoms with van der Waals surface area (Å²) >= 11 is 0. The Labute approximate surface area is 162 Å². The highest BCUT2D eigenvalue weighted by Gasteiger charge is 2.29. The van der Waals surface area contributed by atoms with Crippen LogP contribution >= 0.6 is 0 Å². The van der Waals surface area contributed by atoms with E-state index in [1.165, 1.54) is 9.87 Å². The van der Waals surface area contributed by atoms with Crippen molar-refractivity contribution in [2.75, 3.05) is 15.9 Å². The first-order valence-electron chi connectivity index (χ1n) is 8.97. The Balaban J connectivity index is 2.29. The van der Waals surface area contributed by atoms with Crippen molar-refractivity contribution in [2.45, 2.75) is 46.6 Å². The Morgan fingerprint density at radius 2 is 1.48 bits per heavy atom. The van der Waals surface area contributed by atoms with E-state index in [1.54, 1.807) is 19.1 Å². The highest BCUT2D eigenvalue weighted by molar-refractivity contribution is 7.92. The first kappa shape index (κ1) is 21.0. The molecule has 0 saturated heterocycles. The number of amides is 1. The van der Waals surface area contributed by atoms with Crippen molar-refractivity contribution in [3.8, 4) is 0 Å². The quantitative estimate of drug-likeness (QED) is 0.806. The van der Waals surface area contributed by atoms with E-state index in [1.807, 2.05) is 44.2 Å². The van der Waals surface area contributed by atoms with Gasteiger partial charge < -0.3 is 5.32 Å². The van der Waals surface area contributed by atoms with Crippen LogP contribution < -0.4 is 9.62 Å². The summed E-state index contributed by atoms with van der Waals surface area (Å²) in [5, 5.41) is 2.81. The normalized spacial score (nSPS) is 12.7. The fraction of sp³-hybridized carbons (Fsp3) is 0.381. The number of anilines is 2. The fourth-order valence-electron chi connectivity index (χ4n) is 3.08. The summed E-state index contributed by atoms with van der Waals surface area (Å²) in [6.45, 7) is 9.60. The lowest BCUT2D eigenvalue weighted by atomic mass is 10.0. The molecule has 2 rings (SSSR count). The molecule has 146 valence electrons. The molecule has 0 spiro atoms. The molecule has 0 saturated carbocycles. The van der Waals surface area contributed by atoms with E-state index >= 15 is 0 Å². The van der Waals surface area contributed by atoms with E-state index in [2.05, 4.69) is 19.2 Å². The molecule has 0 aliphatic rings. The van der Waals surface area contributed by atoms with Gasteiger partial charge >= 0.3 is 0 Å². The number of nitrogens with zero attached hydrogens (tertiary/aromatic N) is 1. The molecule has 5 nitrogen and oxygen atoms in total. The number of nitrogens with one attached hydrogen (secondary N) is 1. The molecule has 27 heavy (non-hydrogen) atoms. The van der Waals surface area contributed by atoms with Crippen molar-refractivity contribution >= 4 is 27.3 Å². The van der Waals surface area contributed by atoms with E-state index in [4.69, 9.17) is 0 Å². The summed E-state index contributed by atoms with van der Waals surface area (Å²) in [5.74, 6) is 0.0239. The van der Waals surface area contributed by atoms with Gasteiger partial charge in [0.05, 0.1) is 11.9 Å². The molecule has 0 heterocycles. The molecule has 1 amide bonds. The summed E-state index contributed by atoms with van der Waals surface area (Å²) in [6.07, 6.45) is 1.12. The average Bonchev–Trinajstić information content (AvgIpc) is 2.53. The molecule has 1 atom stereocenters. The number of aryl methyl sites for hydroxylation is 2. The van der Waals surface area contributed by atoms with Gasteiger partial charge in [-0.25, -0.2) is 8.42 Å². The van der Waals surface area contributed by atoms with Crippen molar-refractivity contribution in [1.29, 1.82) is 0 Å². The Morgan fingerprint density at radius 3 is 1.93 bits per heavy atom. The number of carbonyl (C=O) groups is 1. The number of benzene rings is 2. The molecule has 2 aromatic carbocycles. The molecule has 0 unspecified atom stereocenters. The van der Waals surface area contributed by atoms with Crippen LogP contribution in [-0.4, -0.2) is 26.6 Å². The highest BCUT2D eigenvalue weighted by Crippen LogP contribution is 2.25. The van der Waals surface area contributed by atoms with Gasteiger partial charge in [-0.1, -0.05) is 32.0 Å². The van der Waals surface area contributed by atoms with E-state index in [9.17, 15) is 13.2 Å². The Morgan fingerprint density at radius 1 is 0.963 bits per heavy atom. The number of sulfonamides is 1. The molecular weight excluding hydrogens is 360 g/mol. The minimum absolute atomic E-state index is 0.378. The molecule has 0 radical (unpaired) electrons. The zero-order valence-electron chi connectivity index (χ0n) is 16.8. The Bertz CT molecular complexity index is 899. The van der Waals surface area contributed by atoms with Gasteiger partial charge in [-0.2, -0.15) is 0 Å². The lowest BCUT2D eigenvalue weighted by Crippen LogP contribution is -2.45. The molecule has 1 N–H and O–H groups in total. The zero-order valence-corrected chi connectivity index (χ0v) is 17.6. The van der Waals surface area contributed by atoms with Crippen molar-refractivity contribution in [2.24, 2.45) is 0 Å². The molecule has 0 aliphatic heterocycles. The van der Waals surface area contributed by atoms with Crippen LogP contribution in [0.1, 0.15) is 43.4 Å². The predicted octanol–water partition coefficient (Wildman–Crippen LogP) is 4.22. The number of carbonyl (C=O) groups excluding carboxylic acids is 1. The van der Waals surface area contributed by atoms with Crippen LogP contribution in [0.25, 0.3) is 0 Å². The lowest BCUT2D eigenvalue weighted by molar-refractivity contribution is -0.116. The van der Waals surface area contributed by atoms with Gasteiger partial charge in [0.15, 0.2) is 0 Å². The molecule has 0 bridgehead atoms. The highest BCUT2D eigenvalue weighted by atomic mass is 32.2. The van der Waals surface area contributed by atoms with Gasteiger partial charge in [0.2, 0.25) is 15.9 Å². The largest absolute Gasteiger partial charge is 0.324 e. The molecule has 6 heteroatoms. The van der Waals surface area contributed by atoms with Gasteiger partial charge in [-0.05, 0) is 67.6 Å². The summed E-state index contributed by atoms with van der Waals surface area (Å²) in [7, 11) is -3.63. The van der Waals surface area contributed by atoms with E-state index in [0.717, 1.165) is 17.4 Å². The van der Waals surface area contributed by atoms with Crippen LogP contribution in [0.15, 0.2) is 42.5 Å². The van der Waals surface area contributed by atoms with E-state index in [-0.39, 0.29) is 5.91 Å². The summed E-state index contributed by atoms with van der Waals surface area (Å²) in [6, 6.07) is 12.2. The predicted molar refractivity (Wildman–Crippen MR) is 112 cm³/mol. The van der Waals surface area contributed by atoms with Crippen molar-refractivity contribution in [3.63, 3.8) is 0 Å². The maximum absolute atomic E-state index is 12.7. The van der Waals surface area contributed by atoms with Crippen LogP contribution in [0, 0.1) is 13.8 Å². The number of rotatable bonds is 6. The van der Waals surface area contributed by atoms with Gasteiger partial charge in [0.25, 0.3) is 0 Å². The number of hydrogen-bond donors (Lipinski definition) is 1. The molecule has 0 aliphatic carbocycles. The summed E-state index contributed by atoms with van der Waals surface area (Å²) < 4.78 is 26.0. The van der Waals surface area contributed by atoms with E-state index < -0.39 is 16.1 Å². The van der Waals surface area contributed by atoms with Crippen LogP contribution in [-0.2, 0) is 14.8 Å². The topological polar surface area (TPSA) is 66.5 Å². The van der Waals surface area contributed by atoms with Crippen molar-refractivity contribution in [1.82, 2.24) is 0 Å². The third-order valence-corrected chi connectivity index (χ3v) is 5.64. The maximum atomic E-state index is 12.7. The summed E-state index contributed by atoms with van der Waals surface area (Å²) in [5.41, 5.74) is 4.19. The van der Waals surface area contributed by atoms with Crippen LogP contribution in [0.4, 0.5) is 11.4 Å². The minimum atomic E-state index is -3.63. The standard InChI is InChI=1S/C21H28N2O3S/c1-14(2)18-7-9-19(10-8-18)22-21(24)17(5)23(27(6,25)26)20-12-15(3)11-16(4)13-20/h7-14,17H,1-6H3,(H,22,24)/t17-/m0/s1. The van der Waals surface area contributed by atoms with E-state index in [0.29, 0.717) is 17.3 Å². The second-order valence-corrected chi connectivity index (χ2v) is 9.21. The first-order chi connectivity index (χ1) is 12.5. The third kappa shape index (κ3) is 5.32. The molecule has 0 fully saturated rings. The smallest absolute Gasteiger partial charge is 0.247 e. The second kappa shape index (κ2) is 8.13. The zero-order chi connectivity index (χ0) is 20.4. The first-order valence-corrected chi connectivity index (χ1v) is 10.8. The van der Waals surface area contributed by atoms with Gasteiger partial charge in [0.1, 0.15) is 6.04 Å². The van der Waals surface area contributed by atoms with Crippen molar-refractivity contribution < 1.29 is 13.2 Å². The third-order valence-electron chi connectivity index (χ3n) is 4.39. The maximum Gasteiger partial charge on any atom is 0.247 e. The van der Waals surface area contributed by atoms with Gasteiger partial charge in [-0.15, -0.1) is 0 Å². The minimum Gasteiger partial charge on any atom is -0.324 e. The Hall–Kier alpha value is -2.34. The van der Waals surface area contributed by atoms with Crippen LogP contribution in [0.3, 0.4) is 0 Å². The second-order valence-electron chi connectivity index (χ2n) is 7.35. The molecular formula is C21H28N2O3S. The van der Waals surface area contributed by atoms with Crippen LogP contribution in [0.2, 0.25) is 0 Å². The monoisotopic (exact) mass is 388 g/mol. The average molecular weight is 389 g/mol. The lowest BCUT2D eigenvalue weighted by Gasteiger charge is -2.28. The number of hydrogen-bond acceptors (Lipinski definition) is 3. The molecule has 0 aromatic heterocycles. The van der Waals surface area contributed by atoms with Crippen LogP contribution in [0.5, 0.6) is 0 Å². The molecule has 2 aromatic rings. The SMILES string of the molecule is Cc1cc(C)cc(N([C@@H](C)C(=O)Nc2ccc(C(C)C)cc2)S(C)(=O)=O)c1. The Kier molecular flexibility index (Phi) is 6.31.